The van der Waals surface area contributed by atoms with Crippen LogP contribution >= 0.6 is 0 Å². The molecule has 0 saturated heterocycles. The fourth-order valence-corrected chi connectivity index (χ4v) is 1.32. The number of ketones is 1. The third-order valence-corrected chi connectivity index (χ3v) is 2.20. The topological polar surface area (TPSA) is 60.7 Å². The van der Waals surface area contributed by atoms with Gasteiger partial charge in [-0.1, -0.05) is 0 Å². The van der Waals surface area contributed by atoms with E-state index in [1.807, 2.05) is 0 Å². The molecule has 0 atom stereocenters. The van der Waals surface area contributed by atoms with E-state index in [1.165, 1.54) is 23.3 Å². The molecule has 16 heavy (non-hydrogen) atoms. The molecule has 0 aliphatic carbocycles. The third-order valence-electron chi connectivity index (χ3n) is 2.20. The van der Waals surface area contributed by atoms with Crippen LogP contribution in [0.25, 0.3) is 0 Å². The maximum absolute atomic E-state index is 13.2. The van der Waals surface area contributed by atoms with Crippen molar-refractivity contribution < 1.29 is 9.18 Å². The maximum Gasteiger partial charge on any atom is 0.173 e. The van der Waals surface area contributed by atoms with Crippen molar-refractivity contribution in [3.8, 4) is 0 Å². The van der Waals surface area contributed by atoms with E-state index in [-0.39, 0.29) is 17.8 Å². The minimum atomic E-state index is -0.616. The Bertz CT molecular complexity index is 523. The first-order chi connectivity index (χ1) is 7.68. The van der Waals surface area contributed by atoms with Gasteiger partial charge in [0.1, 0.15) is 12.2 Å². The number of rotatable bonds is 3. The highest BCUT2D eigenvalue weighted by Gasteiger charge is 2.14. The Balaban J connectivity index is 2.22. The summed E-state index contributed by atoms with van der Waals surface area (Å²) in [6, 6.07) is 1.36. The van der Waals surface area contributed by atoms with Crippen LogP contribution in [0.2, 0.25) is 0 Å². The molecule has 0 unspecified atom stereocenters. The van der Waals surface area contributed by atoms with Gasteiger partial charge in [-0.05, 0) is 6.07 Å². The van der Waals surface area contributed by atoms with E-state index in [9.17, 15) is 9.18 Å². The lowest BCUT2D eigenvalue weighted by Crippen LogP contribution is -2.10. The monoisotopic (exact) mass is 220 g/mol. The maximum atomic E-state index is 13.2. The Morgan fingerprint density at radius 2 is 2.38 bits per heavy atom. The van der Waals surface area contributed by atoms with Crippen molar-refractivity contribution in [2.75, 3.05) is 0 Å². The number of aromatic nitrogens is 4. The molecule has 0 bridgehead atoms. The predicted octanol–water partition coefficient (Wildman–Crippen LogP) is 0.775. The first kappa shape index (κ1) is 10.4. The molecule has 6 heteroatoms. The molecule has 0 aliphatic rings. The van der Waals surface area contributed by atoms with Gasteiger partial charge in [0.05, 0.1) is 18.2 Å². The first-order valence-corrected chi connectivity index (χ1v) is 4.64. The summed E-state index contributed by atoms with van der Waals surface area (Å²) in [5.74, 6) is -0.452. The standard InChI is InChI=1S/C10H9FN4O/c1-15-10(13-6-14-15)4-9(16)7-2-3-12-5-8(7)11/h2-3,5-6H,4H2,1H3. The van der Waals surface area contributed by atoms with Gasteiger partial charge in [0.25, 0.3) is 0 Å². The second kappa shape index (κ2) is 4.18. The van der Waals surface area contributed by atoms with Gasteiger partial charge in [-0.15, -0.1) is 0 Å². The van der Waals surface area contributed by atoms with Crippen LogP contribution in [0.5, 0.6) is 0 Å². The summed E-state index contributed by atoms with van der Waals surface area (Å²) < 4.78 is 14.7. The lowest BCUT2D eigenvalue weighted by atomic mass is 10.1. The summed E-state index contributed by atoms with van der Waals surface area (Å²) in [5.41, 5.74) is 0.0259. The molecule has 0 N–H and O–H groups in total. The van der Waals surface area contributed by atoms with Crippen molar-refractivity contribution >= 4 is 5.78 Å². The van der Waals surface area contributed by atoms with Gasteiger partial charge in [-0.3, -0.25) is 14.5 Å². The molecule has 0 aromatic carbocycles. The normalized spacial score (nSPS) is 10.4. The van der Waals surface area contributed by atoms with Crippen LogP contribution in [-0.2, 0) is 13.5 Å². The highest BCUT2D eigenvalue weighted by atomic mass is 19.1. The Labute approximate surface area is 91.0 Å². The first-order valence-electron chi connectivity index (χ1n) is 4.64. The predicted molar refractivity (Wildman–Crippen MR) is 53.2 cm³/mol. The summed E-state index contributed by atoms with van der Waals surface area (Å²) in [4.78, 5) is 19.2. The number of Topliss-reactive ketones (excluding diaryl/α,β-unsaturated/α-hetero) is 1. The van der Waals surface area contributed by atoms with E-state index >= 15 is 0 Å². The van der Waals surface area contributed by atoms with Gasteiger partial charge >= 0.3 is 0 Å². The lowest BCUT2D eigenvalue weighted by molar-refractivity contribution is 0.0985. The molecule has 5 nitrogen and oxygen atoms in total. The fourth-order valence-electron chi connectivity index (χ4n) is 1.32. The minimum Gasteiger partial charge on any atom is -0.294 e. The Hall–Kier alpha value is -2.11. The van der Waals surface area contributed by atoms with Crippen LogP contribution in [0, 0.1) is 5.82 Å². The molecule has 0 aliphatic heterocycles. The van der Waals surface area contributed by atoms with E-state index in [4.69, 9.17) is 0 Å². The van der Waals surface area contributed by atoms with Gasteiger partial charge in [0, 0.05) is 13.2 Å². The summed E-state index contributed by atoms with van der Waals surface area (Å²) in [7, 11) is 1.68. The second-order valence-electron chi connectivity index (χ2n) is 3.26. The van der Waals surface area contributed by atoms with Crippen LogP contribution in [0.1, 0.15) is 16.2 Å². The molecular formula is C10H9FN4O. The molecule has 0 amide bonds. The third kappa shape index (κ3) is 1.95. The van der Waals surface area contributed by atoms with Crippen molar-refractivity contribution in [2.24, 2.45) is 7.05 Å². The van der Waals surface area contributed by atoms with E-state index in [0.29, 0.717) is 5.82 Å². The quantitative estimate of drug-likeness (QED) is 0.717. The van der Waals surface area contributed by atoms with E-state index < -0.39 is 5.82 Å². The van der Waals surface area contributed by atoms with Gasteiger partial charge in [-0.25, -0.2) is 9.37 Å². The van der Waals surface area contributed by atoms with Crippen LogP contribution in [0.15, 0.2) is 24.8 Å². The number of nitrogens with zero attached hydrogens (tertiary/aromatic N) is 4. The van der Waals surface area contributed by atoms with E-state index in [2.05, 4.69) is 15.1 Å². The Kier molecular flexibility index (Phi) is 2.72. The molecule has 0 radical (unpaired) electrons. The van der Waals surface area contributed by atoms with E-state index in [0.717, 1.165) is 6.20 Å². The summed E-state index contributed by atoms with van der Waals surface area (Å²) in [6.07, 6.45) is 3.78. The molecule has 0 spiro atoms. The minimum absolute atomic E-state index is 0.0252. The number of pyridine rings is 1. The van der Waals surface area contributed by atoms with Crippen molar-refractivity contribution in [1.29, 1.82) is 0 Å². The van der Waals surface area contributed by atoms with Crippen molar-refractivity contribution in [3.63, 3.8) is 0 Å². The Morgan fingerprint density at radius 1 is 1.56 bits per heavy atom. The summed E-state index contributed by atoms with van der Waals surface area (Å²) >= 11 is 0. The van der Waals surface area contributed by atoms with E-state index in [1.54, 1.807) is 7.05 Å². The SMILES string of the molecule is Cn1ncnc1CC(=O)c1ccncc1F. The van der Waals surface area contributed by atoms with Crippen LogP contribution in [-0.4, -0.2) is 25.5 Å². The number of hydrogen-bond donors (Lipinski definition) is 0. The second-order valence-corrected chi connectivity index (χ2v) is 3.26. The average molecular weight is 220 g/mol. The smallest absolute Gasteiger partial charge is 0.173 e. The van der Waals surface area contributed by atoms with Crippen LogP contribution in [0.3, 0.4) is 0 Å². The number of aryl methyl sites for hydroxylation is 1. The number of hydrogen-bond acceptors (Lipinski definition) is 4. The summed E-state index contributed by atoms with van der Waals surface area (Å²) in [5, 5.41) is 3.83. The van der Waals surface area contributed by atoms with Crippen LogP contribution in [0.4, 0.5) is 4.39 Å². The number of carbonyl (C=O) groups is 1. The van der Waals surface area contributed by atoms with Gasteiger partial charge in [0.15, 0.2) is 11.6 Å². The molecule has 0 saturated carbocycles. The lowest BCUT2D eigenvalue weighted by Gasteiger charge is -2.01. The van der Waals surface area contributed by atoms with Crippen molar-refractivity contribution in [3.05, 3.63) is 42.0 Å². The summed E-state index contributed by atoms with van der Waals surface area (Å²) in [6.45, 7) is 0. The van der Waals surface area contributed by atoms with Crippen LogP contribution < -0.4 is 0 Å². The molecule has 2 rings (SSSR count). The molecule has 0 fully saturated rings. The van der Waals surface area contributed by atoms with Gasteiger partial charge in [0.2, 0.25) is 0 Å². The number of carbonyl (C=O) groups excluding carboxylic acids is 1. The number of halogens is 1. The van der Waals surface area contributed by atoms with Crippen molar-refractivity contribution in [2.45, 2.75) is 6.42 Å². The molecule has 2 aromatic heterocycles. The zero-order valence-electron chi connectivity index (χ0n) is 8.59. The molecular weight excluding hydrogens is 211 g/mol. The zero-order valence-corrected chi connectivity index (χ0v) is 8.59. The van der Waals surface area contributed by atoms with Crippen molar-refractivity contribution in [1.82, 2.24) is 19.7 Å². The highest BCUT2D eigenvalue weighted by molar-refractivity contribution is 5.97. The largest absolute Gasteiger partial charge is 0.294 e. The molecule has 2 heterocycles. The fraction of sp³-hybridized carbons (Fsp3) is 0.200. The van der Waals surface area contributed by atoms with Gasteiger partial charge in [-0.2, -0.15) is 5.10 Å². The Morgan fingerprint density at radius 3 is 3.00 bits per heavy atom. The van der Waals surface area contributed by atoms with Gasteiger partial charge < -0.3 is 0 Å². The molecule has 2 aromatic rings. The molecule has 82 valence electrons. The highest BCUT2D eigenvalue weighted by Crippen LogP contribution is 2.08. The zero-order chi connectivity index (χ0) is 11.5. The average Bonchev–Trinajstić information content (AvgIpc) is 2.65.